The molecule has 2 nitrogen and oxygen atoms in total. The van der Waals surface area contributed by atoms with Crippen LogP contribution in [0.4, 0.5) is 0 Å². The van der Waals surface area contributed by atoms with Crippen molar-refractivity contribution in [2.45, 2.75) is 17.9 Å². The molecule has 0 bridgehead atoms. The van der Waals surface area contributed by atoms with Crippen LogP contribution in [0.2, 0.25) is 0 Å². The molecular formula is C16H16O2S. The predicted molar refractivity (Wildman–Crippen MR) is 78.7 cm³/mol. The Hall–Kier alpha value is -1.63. The van der Waals surface area contributed by atoms with Gasteiger partial charge in [0.2, 0.25) is 0 Å². The SMILES string of the molecule is OCCC#Cc1cccc(CSCc2ccco2)c1. The van der Waals surface area contributed by atoms with Crippen molar-refractivity contribution in [3.8, 4) is 11.8 Å². The van der Waals surface area contributed by atoms with Crippen LogP contribution in [-0.2, 0) is 11.5 Å². The Bertz CT molecular complexity index is 550. The zero-order valence-electron chi connectivity index (χ0n) is 10.6. The molecule has 0 atom stereocenters. The smallest absolute Gasteiger partial charge is 0.113 e. The third kappa shape index (κ3) is 4.86. The zero-order chi connectivity index (χ0) is 13.3. The first-order valence-electron chi connectivity index (χ1n) is 6.17. The van der Waals surface area contributed by atoms with Gasteiger partial charge in [0.05, 0.1) is 18.6 Å². The molecule has 0 radical (unpaired) electrons. The number of furan rings is 1. The van der Waals surface area contributed by atoms with E-state index in [1.54, 1.807) is 6.26 Å². The van der Waals surface area contributed by atoms with Gasteiger partial charge in [-0.2, -0.15) is 0 Å². The molecule has 0 fully saturated rings. The molecule has 0 amide bonds. The van der Waals surface area contributed by atoms with Crippen molar-refractivity contribution in [3.05, 3.63) is 59.5 Å². The summed E-state index contributed by atoms with van der Waals surface area (Å²) in [7, 11) is 0. The molecule has 0 saturated heterocycles. The fourth-order valence-corrected chi connectivity index (χ4v) is 2.51. The Kier molecular flexibility index (Phi) is 5.61. The van der Waals surface area contributed by atoms with Crippen molar-refractivity contribution in [2.75, 3.05) is 6.61 Å². The monoisotopic (exact) mass is 272 g/mol. The average Bonchev–Trinajstić information content (AvgIpc) is 2.93. The lowest BCUT2D eigenvalue weighted by molar-refractivity contribution is 0.305. The second-order valence-corrected chi connectivity index (χ2v) is 5.03. The van der Waals surface area contributed by atoms with Crippen molar-refractivity contribution in [1.82, 2.24) is 0 Å². The van der Waals surface area contributed by atoms with Crippen LogP contribution in [-0.4, -0.2) is 11.7 Å². The van der Waals surface area contributed by atoms with Crippen LogP contribution in [0, 0.1) is 11.8 Å². The van der Waals surface area contributed by atoms with Crippen molar-refractivity contribution < 1.29 is 9.52 Å². The summed E-state index contributed by atoms with van der Waals surface area (Å²) in [4.78, 5) is 0. The maximum absolute atomic E-state index is 8.69. The molecule has 1 heterocycles. The van der Waals surface area contributed by atoms with E-state index in [1.807, 2.05) is 36.0 Å². The third-order valence-corrected chi connectivity index (χ3v) is 3.52. The summed E-state index contributed by atoms with van der Waals surface area (Å²) in [5.74, 6) is 8.81. The van der Waals surface area contributed by atoms with Crippen LogP contribution in [0.1, 0.15) is 23.3 Å². The lowest BCUT2D eigenvalue weighted by Gasteiger charge is -2.01. The van der Waals surface area contributed by atoms with Crippen LogP contribution in [0.5, 0.6) is 0 Å². The lowest BCUT2D eigenvalue weighted by Crippen LogP contribution is -1.84. The van der Waals surface area contributed by atoms with Crippen LogP contribution in [0.15, 0.2) is 47.1 Å². The molecule has 0 aliphatic heterocycles. The molecule has 1 aromatic heterocycles. The van der Waals surface area contributed by atoms with Gasteiger partial charge in [-0.3, -0.25) is 0 Å². The van der Waals surface area contributed by atoms with E-state index in [9.17, 15) is 0 Å². The minimum absolute atomic E-state index is 0.117. The third-order valence-electron chi connectivity index (χ3n) is 2.49. The van der Waals surface area contributed by atoms with Gasteiger partial charge in [0.15, 0.2) is 0 Å². The van der Waals surface area contributed by atoms with Gasteiger partial charge >= 0.3 is 0 Å². The van der Waals surface area contributed by atoms with Gasteiger partial charge in [0.1, 0.15) is 5.76 Å². The summed E-state index contributed by atoms with van der Waals surface area (Å²) in [5, 5.41) is 8.69. The lowest BCUT2D eigenvalue weighted by atomic mass is 10.1. The Balaban J connectivity index is 1.87. The number of benzene rings is 1. The molecule has 1 N–H and O–H groups in total. The summed E-state index contributed by atoms with van der Waals surface area (Å²) in [5.41, 5.74) is 2.26. The quantitative estimate of drug-likeness (QED) is 0.846. The first-order valence-corrected chi connectivity index (χ1v) is 7.33. The molecule has 3 heteroatoms. The van der Waals surface area contributed by atoms with E-state index in [0.717, 1.165) is 22.8 Å². The minimum atomic E-state index is 0.117. The largest absolute Gasteiger partial charge is 0.468 e. The first-order chi connectivity index (χ1) is 9.38. The maximum atomic E-state index is 8.69. The van der Waals surface area contributed by atoms with Crippen LogP contribution in [0.3, 0.4) is 0 Å². The van der Waals surface area contributed by atoms with E-state index >= 15 is 0 Å². The highest BCUT2D eigenvalue weighted by Crippen LogP contribution is 2.18. The summed E-state index contributed by atoms with van der Waals surface area (Å²) in [6.07, 6.45) is 2.23. The maximum Gasteiger partial charge on any atom is 0.113 e. The van der Waals surface area contributed by atoms with Crippen molar-refractivity contribution in [3.63, 3.8) is 0 Å². The molecule has 98 valence electrons. The highest BCUT2D eigenvalue weighted by atomic mass is 32.2. The van der Waals surface area contributed by atoms with Crippen molar-refractivity contribution >= 4 is 11.8 Å². The number of thioether (sulfide) groups is 1. The van der Waals surface area contributed by atoms with Crippen molar-refractivity contribution in [2.24, 2.45) is 0 Å². The minimum Gasteiger partial charge on any atom is -0.468 e. The molecule has 1 aromatic carbocycles. The highest BCUT2D eigenvalue weighted by Gasteiger charge is 1.98. The molecule has 19 heavy (non-hydrogen) atoms. The summed E-state index contributed by atoms with van der Waals surface area (Å²) >= 11 is 1.82. The molecule has 0 saturated carbocycles. The fraction of sp³-hybridized carbons (Fsp3) is 0.250. The van der Waals surface area contributed by atoms with Gasteiger partial charge < -0.3 is 9.52 Å². The van der Waals surface area contributed by atoms with E-state index in [2.05, 4.69) is 24.0 Å². The second-order valence-electron chi connectivity index (χ2n) is 4.05. The van der Waals surface area contributed by atoms with Gasteiger partial charge in [0.25, 0.3) is 0 Å². The number of aliphatic hydroxyl groups is 1. The predicted octanol–water partition coefficient (Wildman–Crippen LogP) is 3.45. The molecule has 2 aromatic rings. The summed E-state index contributed by atoms with van der Waals surface area (Å²) in [6.45, 7) is 0.117. The van der Waals surface area contributed by atoms with E-state index in [-0.39, 0.29) is 6.61 Å². The van der Waals surface area contributed by atoms with Crippen LogP contribution >= 0.6 is 11.8 Å². The summed E-state index contributed by atoms with van der Waals surface area (Å²) in [6, 6.07) is 12.1. The highest BCUT2D eigenvalue weighted by molar-refractivity contribution is 7.97. The standard InChI is InChI=1S/C16H16O2S/c17-9-2-1-5-14-6-3-7-15(11-14)12-19-13-16-8-4-10-18-16/h3-4,6-8,10-11,17H,2,9,12-13H2. The molecule has 0 aliphatic carbocycles. The zero-order valence-corrected chi connectivity index (χ0v) is 11.5. The molecule has 0 spiro atoms. The number of aliphatic hydroxyl groups excluding tert-OH is 1. The Morgan fingerprint density at radius 3 is 2.89 bits per heavy atom. The molecule has 0 unspecified atom stereocenters. The molecule has 2 rings (SSSR count). The van der Waals surface area contributed by atoms with Gasteiger partial charge in [0, 0.05) is 17.7 Å². The van der Waals surface area contributed by atoms with E-state index in [0.29, 0.717) is 6.42 Å². The Labute approximate surface area is 117 Å². The normalized spacial score (nSPS) is 9.95. The second kappa shape index (κ2) is 7.73. The van der Waals surface area contributed by atoms with Crippen LogP contribution < -0.4 is 0 Å². The topological polar surface area (TPSA) is 33.4 Å². The van der Waals surface area contributed by atoms with Gasteiger partial charge in [-0.1, -0.05) is 24.0 Å². The average molecular weight is 272 g/mol. The number of hydrogen-bond acceptors (Lipinski definition) is 3. The summed E-state index contributed by atoms with van der Waals surface area (Å²) < 4.78 is 5.29. The molecular weight excluding hydrogens is 256 g/mol. The molecule has 0 aliphatic rings. The van der Waals surface area contributed by atoms with Gasteiger partial charge in [-0.05, 0) is 29.8 Å². The Morgan fingerprint density at radius 2 is 2.11 bits per heavy atom. The fourth-order valence-electron chi connectivity index (χ4n) is 1.62. The number of rotatable bonds is 5. The van der Waals surface area contributed by atoms with E-state index < -0.39 is 0 Å². The van der Waals surface area contributed by atoms with E-state index in [4.69, 9.17) is 9.52 Å². The first kappa shape index (κ1) is 13.8. The van der Waals surface area contributed by atoms with E-state index in [1.165, 1.54) is 5.56 Å². The van der Waals surface area contributed by atoms with Crippen molar-refractivity contribution in [1.29, 1.82) is 0 Å². The number of hydrogen-bond donors (Lipinski definition) is 1. The Morgan fingerprint density at radius 1 is 1.16 bits per heavy atom. The van der Waals surface area contributed by atoms with Gasteiger partial charge in [-0.25, -0.2) is 0 Å². The van der Waals surface area contributed by atoms with Crippen LogP contribution in [0.25, 0.3) is 0 Å². The van der Waals surface area contributed by atoms with Gasteiger partial charge in [-0.15, -0.1) is 11.8 Å².